The molecule has 0 spiro atoms. The van der Waals surface area contributed by atoms with Crippen molar-refractivity contribution in [2.45, 2.75) is 33.2 Å². The number of aromatic nitrogens is 5. The molecule has 1 unspecified atom stereocenters. The number of amides is 2. The maximum Gasteiger partial charge on any atom is 0.254 e. The molecule has 3 heterocycles. The van der Waals surface area contributed by atoms with Crippen LogP contribution in [0.15, 0.2) is 67.1 Å². The predicted octanol–water partition coefficient (Wildman–Crippen LogP) is 3.96. The molecule has 0 aliphatic carbocycles. The summed E-state index contributed by atoms with van der Waals surface area (Å²) in [6, 6.07) is 13.4. The number of halogens is 1. The maximum absolute atomic E-state index is 15.1. The zero-order chi connectivity index (χ0) is 27.7. The minimum absolute atomic E-state index is 0.167. The van der Waals surface area contributed by atoms with Crippen molar-refractivity contribution >= 4 is 28.5 Å². The van der Waals surface area contributed by atoms with Gasteiger partial charge in [0.25, 0.3) is 11.7 Å². The molecule has 5 rings (SSSR count). The van der Waals surface area contributed by atoms with Crippen LogP contribution in [0, 0.1) is 11.2 Å². The van der Waals surface area contributed by atoms with Crippen LogP contribution < -0.4 is 10.6 Å². The monoisotopic (exact) mass is 525 g/mol. The minimum atomic E-state index is -0.833. The Balaban J connectivity index is 1.41. The lowest BCUT2D eigenvalue weighted by Crippen LogP contribution is -2.53. The van der Waals surface area contributed by atoms with Gasteiger partial charge in [0.15, 0.2) is 0 Å². The highest BCUT2D eigenvalue weighted by atomic mass is 19.1. The summed E-state index contributed by atoms with van der Waals surface area (Å²) in [4.78, 5) is 38.2. The SMILES string of the molecule is CNC(=O)C(NC(=O)c1ccc(-c2cnc3ncc(Cc4ccc5ncccc5c4)n3n2)cc1F)C(C)(C)C. The second-order valence-electron chi connectivity index (χ2n) is 10.4. The minimum Gasteiger partial charge on any atom is -0.357 e. The van der Waals surface area contributed by atoms with E-state index in [-0.39, 0.29) is 11.5 Å². The first-order chi connectivity index (χ1) is 18.6. The van der Waals surface area contributed by atoms with Crippen LogP contribution in [0.5, 0.6) is 0 Å². The third-order valence-corrected chi connectivity index (χ3v) is 6.51. The molecule has 3 aromatic heterocycles. The van der Waals surface area contributed by atoms with E-state index < -0.39 is 23.2 Å². The lowest BCUT2D eigenvalue weighted by molar-refractivity contribution is -0.124. The molecule has 2 N–H and O–H groups in total. The number of hydrogen-bond donors (Lipinski definition) is 2. The second-order valence-corrected chi connectivity index (χ2v) is 10.4. The molecule has 0 aliphatic rings. The number of hydrogen-bond acceptors (Lipinski definition) is 6. The number of likely N-dealkylation sites (N-methyl/N-ethyl adjacent to an activating group) is 1. The van der Waals surface area contributed by atoms with Crippen LogP contribution in [0.2, 0.25) is 0 Å². The fraction of sp³-hybridized carbons (Fsp3) is 0.241. The van der Waals surface area contributed by atoms with E-state index in [1.54, 1.807) is 23.0 Å². The summed E-state index contributed by atoms with van der Waals surface area (Å²) in [6.07, 6.45) is 5.57. The van der Waals surface area contributed by atoms with Crippen molar-refractivity contribution in [3.8, 4) is 11.3 Å². The van der Waals surface area contributed by atoms with Crippen LogP contribution in [-0.2, 0) is 11.2 Å². The first-order valence-electron chi connectivity index (χ1n) is 12.5. The second kappa shape index (κ2) is 10.2. The molecule has 0 fully saturated rings. The number of benzene rings is 2. The normalized spacial score (nSPS) is 12.4. The molecular weight excluding hydrogens is 497 g/mol. The van der Waals surface area contributed by atoms with Gasteiger partial charge in [-0.3, -0.25) is 14.6 Å². The summed E-state index contributed by atoms with van der Waals surface area (Å²) in [6.45, 7) is 5.47. The standard InChI is InChI=1S/C29H28FN7O2/c1-29(2,3)25(27(39)31-4)35-26(38)21-9-8-19(14-22(21)30)24-16-34-28-33-15-20(37(28)36-24)13-17-7-10-23-18(12-17)6-5-11-32-23/h5-12,14-16,25H,13H2,1-4H3,(H,31,39)(H,35,38). The number of carbonyl (C=O) groups is 2. The number of rotatable bonds is 6. The fourth-order valence-electron chi connectivity index (χ4n) is 4.40. The number of imidazole rings is 1. The fourth-order valence-corrected chi connectivity index (χ4v) is 4.40. The molecule has 198 valence electrons. The highest BCUT2D eigenvalue weighted by Crippen LogP contribution is 2.23. The quantitative estimate of drug-likeness (QED) is 0.347. The van der Waals surface area contributed by atoms with Gasteiger partial charge in [-0.05, 0) is 41.3 Å². The Bertz CT molecular complexity index is 1710. The molecule has 1 atom stereocenters. The largest absolute Gasteiger partial charge is 0.357 e. The van der Waals surface area contributed by atoms with Crippen LogP contribution in [0.3, 0.4) is 0 Å². The zero-order valence-corrected chi connectivity index (χ0v) is 22.1. The van der Waals surface area contributed by atoms with Gasteiger partial charge in [-0.1, -0.05) is 39.0 Å². The summed E-state index contributed by atoms with van der Waals surface area (Å²) >= 11 is 0. The van der Waals surface area contributed by atoms with Gasteiger partial charge in [0.2, 0.25) is 5.91 Å². The van der Waals surface area contributed by atoms with Gasteiger partial charge < -0.3 is 10.6 Å². The van der Waals surface area contributed by atoms with Crippen molar-refractivity contribution < 1.29 is 14.0 Å². The van der Waals surface area contributed by atoms with Gasteiger partial charge in [-0.25, -0.2) is 18.9 Å². The van der Waals surface area contributed by atoms with E-state index in [0.717, 1.165) is 22.2 Å². The van der Waals surface area contributed by atoms with E-state index in [0.29, 0.717) is 23.5 Å². The summed E-state index contributed by atoms with van der Waals surface area (Å²) in [5.74, 6) is -1.33. The molecule has 0 saturated carbocycles. The first-order valence-corrected chi connectivity index (χ1v) is 12.5. The van der Waals surface area contributed by atoms with Crippen molar-refractivity contribution in [1.82, 2.24) is 35.2 Å². The number of carbonyl (C=O) groups excluding carboxylic acids is 2. The molecule has 39 heavy (non-hydrogen) atoms. The molecule has 5 aromatic rings. The van der Waals surface area contributed by atoms with E-state index in [9.17, 15) is 9.59 Å². The van der Waals surface area contributed by atoms with Gasteiger partial charge >= 0.3 is 0 Å². The highest BCUT2D eigenvalue weighted by molar-refractivity contribution is 5.98. The summed E-state index contributed by atoms with van der Waals surface area (Å²) < 4.78 is 16.8. The average molecular weight is 526 g/mol. The summed E-state index contributed by atoms with van der Waals surface area (Å²) in [5, 5.41) is 10.9. The lowest BCUT2D eigenvalue weighted by atomic mass is 9.86. The first kappa shape index (κ1) is 25.9. The smallest absolute Gasteiger partial charge is 0.254 e. The van der Waals surface area contributed by atoms with E-state index in [4.69, 9.17) is 0 Å². The van der Waals surface area contributed by atoms with Gasteiger partial charge in [0, 0.05) is 30.6 Å². The number of nitrogens with zero attached hydrogens (tertiary/aromatic N) is 5. The Morgan fingerprint density at radius 3 is 2.56 bits per heavy atom. The Labute approximate surface area is 224 Å². The van der Waals surface area contributed by atoms with Crippen LogP contribution in [0.1, 0.15) is 42.4 Å². The predicted molar refractivity (Wildman–Crippen MR) is 146 cm³/mol. The van der Waals surface area contributed by atoms with Crippen molar-refractivity contribution in [3.63, 3.8) is 0 Å². The molecule has 0 bridgehead atoms. The molecular formula is C29H28FN7O2. The van der Waals surface area contributed by atoms with Crippen LogP contribution in [-0.4, -0.2) is 49.5 Å². The number of fused-ring (bicyclic) bond motifs is 2. The Kier molecular flexibility index (Phi) is 6.78. The third kappa shape index (κ3) is 5.31. The molecule has 0 saturated heterocycles. The highest BCUT2D eigenvalue weighted by Gasteiger charge is 2.33. The van der Waals surface area contributed by atoms with Gasteiger partial charge in [0.1, 0.15) is 17.6 Å². The van der Waals surface area contributed by atoms with Gasteiger partial charge in [-0.2, -0.15) is 5.10 Å². The van der Waals surface area contributed by atoms with E-state index >= 15 is 4.39 Å². The van der Waals surface area contributed by atoms with Gasteiger partial charge in [0.05, 0.1) is 29.2 Å². The summed E-state index contributed by atoms with van der Waals surface area (Å²) in [5.41, 5.74) is 2.95. The van der Waals surface area contributed by atoms with Crippen molar-refractivity contribution in [1.29, 1.82) is 0 Å². The average Bonchev–Trinajstić information content (AvgIpc) is 3.32. The molecule has 2 amide bonds. The summed E-state index contributed by atoms with van der Waals surface area (Å²) in [7, 11) is 1.49. The number of nitrogens with one attached hydrogen (secondary N) is 2. The maximum atomic E-state index is 15.1. The molecule has 0 radical (unpaired) electrons. The molecule has 10 heteroatoms. The topological polar surface area (TPSA) is 114 Å². The van der Waals surface area contributed by atoms with Crippen molar-refractivity contribution in [3.05, 3.63) is 89.8 Å². The van der Waals surface area contributed by atoms with Crippen molar-refractivity contribution in [2.75, 3.05) is 7.05 Å². The van der Waals surface area contributed by atoms with Crippen molar-refractivity contribution in [2.24, 2.45) is 5.41 Å². The number of pyridine rings is 1. The molecule has 2 aromatic carbocycles. The Hall–Kier alpha value is -4.73. The Morgan fingerprint density at radius 1 is 1.03 bits per heavy atom. The zero-order valence-electron chi connectivity index (χ0n) is 22.1. The third-order valence-electron chi connectivity index (χ3n) is 6.51. The van der Waals surface area contributed by atoms with Gasteiger partial charge in [-0.15, -0.1) is 0 Å². The van der Waals surface area contributed by atoms with E-state index in [1.807, 2.05) is 45.0 Å². The van der Waals surface area contributed by atoms with E-state index in [2.05, 4.69) is 36.8 Å². The van der Waals surface area contributed by atoms with Crippen LogP contribution in [0.4, 0.5) is 4.39 Å². The van der Waals surface area contributed by atoms with Crippen LogP contribution >= 0.6 is 0 Å². The Morgan fingerprint density at radius 2 is 1.82 bits per heavy atom. The molecule has 9 nitrogen and oxygen atoms in total. The van der Waals surface area contributed by atoms with Crippen LogP contribution in [0.25, 0.3) is 27.9 Å². The molecule has 0 aliphatic heterocycles. The lowest BCUT2D eigenvalue weighted by Gasteiger charge is -2.29. The van der Waals surface area contributed by atoms with E-state index in [1.165, 1.54) is 25.4 Å².